The minimum atomic E-state index is -0.100. The zero-order valence-corrected chi connectivity index (χ0v) is 13.0. The van der Waals surface area contributed by atoms with E-state index in [1.165, 1.54) is 5.56 Å². The number of aryl methyl sites for hydroxylation is 1. The molecule has 0 spiro atoms. The van der Waals surface area contributed by atoms with Crippen LogP contribution in [-0.2, 0) is 0 Å². The summed E-state index contributed by atoms with van der Waals surface area (Å²) < 4.78 is 0. The molecule has 2 N–H and O–H groups in total. The molecule has 0 aliphatic rings. The van der Waals surface area contributed by atoms with E-state index in [9.17, 15) is 4.79 Å². The number of hydrogen-bond donors (Lipinski definition) is 2. The van der Waals surface area contributed by atoms with Crippen LogP contribution in [0.3, 0.4) is 0 Å². The second-order valence-electron chi connectivity index (χ2n) is 5.53. The highest BCUT2D eigenvalue weighted by Gasteiger charge is 2.11. The SMILES string of the molecule is CNc1cc(C)ccc1C(=O)Nc1ccc(C(C)C)cc1. The Morgan fingerprint density at radius 3 is 2.29 bits per heavy atom. The van der Waals surface area contributed by atoms with E-state index in [1.54, 1.807) is 0 Å². The fourth-order valence-corrected chi connectivity index (χ4v) is 2.21. The lowest BCUT2D eigenvalue weighted by molar-refractivity contribution is 0.102. The van der Waals surface area contributed by atoms with Gasteiger partial charge in [0.2, 0.25) is 0 Å². The third kappa shape index (κ3) is 3.63. The number of rotatable bonds is 4. The van der Waals surface area contributed by atoms with Gasteiger partial charge in [0, 0.05) is 18.4 Å². The largest absolute Gasteiger partial charge is 0.387 e. The van der Waals surface area contributed by atoms with Crippen LogP contribution < -0.4 is 10.6 Å². The van der Waals surface area contributed by atoms with E-state index in [-0.39, 0.29) is 5.91 Å². The first-order valence-electron chi connectivity index (χ1n) is 7.21. The maximum atomic E-state index is 12.4. The van der Waals surface area contributed by atoms with Crippen LogP contribution in [0.1, 0.15) is 41.3 Å². The predicted molar refractivity (Wildman–Crippen MR) is 89.2 cm³/mol. The standard InChI is InChI=1S/C18H22N2O/c1-12(2)14-6-8-15(9-7-14)20-18(21)16-10-5-13(3)11-17(16)19-4/h5-12,19H,1-4H3,(H,20,21). The quantitative estimate of drug-likeness (QED) is 0.872. The summed E-state index contributed by atoms with van der Waals surface area (Å²) in [4.78, 5) is 12.4. The van der Waals surface area contributed by atoms with Crippen LogP contribution >= 0.6 is 0 Å². The van der Waals surface area contributed by atoms with Crippen molar-refractivity contribution in [2.45, 2.75) is 26.7 Å². The molecule has 0 saturated heterocycles. The van der Waals surface area contributed by atoms with Gasteiger partial charge in [0.25, 0.3) is 5.91 Å². The molecule has 1 amide bonds. The van der Waals surface area contributed by atoms with Gasteiger partial charge in [-0.15, -0.1) is 0 Å². The monoisotopic (exact) mass is 282 g/mol. The highest BCUT2D eigenvalue weighted by atomic mass is 16.1. The van der Waals surface area contributed by atoms with Crippen LogP contribution in [0.25, 0.3) is 0 Å². The minimum absolute atomic E-state index is 0.100. The van der Waals surface area contributed by atoms with Crippen molar-refractivity contribution in [2.24, 2.45) is 0 Å². The number of amides is 1. The molecule has 2 aromatic carbocycles. The molecule has 2 aromatic rings. The van der Waals surface area contributed by atoms with Crippen LogP contribution in [0.2, 0.25) is 0 Å². The molecule has 0 aliphatic heterocycles. The Balaban J connectivity index is 2.18. The number of nitrogens with one attached hydrogen (secondary N) is 2. The molecular weight excluding hydrogens is 260 g/mol. The molecule has 0 saturated carbocycles. The summed E-state index contributed by atoms with van der Waals surface area (Å²) in [7, 11) is 1.82. The van der Waals surface area contributed by atoms with Crippen LogP contribution in [0.4, 0.5) is 11.4 Å². The second kappa shape index (κ2) is 6.44. The van der Waals surface area contributed by atoms with Crippen molar-refractivity contribution in [1.82, 2.24) is 0 Å². The van der Waals surface area contributed by atoms with Gasteiger partial charge in [-0.1, -0.05) is 32.0 Å². The van der Waals surface area contributed by atoms with Crippen LogP contribution in [0.15, 0.2) is 42.5 Å². The molecule has 3 nitrogen and oxygen atoms in total. The summed E-state index contributed by atoms with van der Waals surface area (Å²) in [5, 5.41) is 6.01. The Kier molecular flexibility index (Phi) is 4.63. The van der Waals surface area contributed by atoms with Gasteiger partial charge >= 0.3 is 0 Å². The molecule has 2 rings (SSSR count). The molecule has 0 fully saturated rings. The smallest absolute Gasteiger partial charge is 0.257 e. The van der Waals surface area contributed by atoms with Gasteiger partial charge in [-0.3, -0.25) is 4.79 Å². The van der Waals surface area contributed by atoms with E-state index in [1.807, 2.05) is 44.3 Å². The first-order chi connectivity index (χ1) is 10.0. The first kappa shape index (κ1) is 15.1. The topological polar surface area (TPSA) is 41.1 Å². The highest BCUT2D eigenvalue weighted by Crippen LogP contribution is 2.20. The zero-order chi connectivity index (χ0) is 15.4. The lowest BCUT2D eigenvalue weighted by Crippen LogP contribution is -2.14. The van der Waals surface area contributed by atoms with Crippen molar-refractivity contribution in [2.75, 3.05) is 17.7 Å². The van der Waals surface area contributed by atoms with Gasteiger partial charge in [0.1, 0.15) is 0 Å². The van der Waals surface area contributed by atoms with Crippen molar-refractivity contribution < 1.29 is 4.79 Å². The van der Waals surface area contributed by atoms with Crippen molar-refractivity contribution in [1.29, 1.82) is 0 Å². The number of carbonyl (C=O) groups excluding carboxylic acids is 1. The molecule has 0 bridgehead atoms. The molecule has 0 aromatic heterocycles. The average molecular weight is 282 g/mol. The second-order valence-corrected chi connectivity index (χ2v) is 5.53. The third-order valence-corrected chi connectivity index (χ3v) is 3.52. The van der Waals surface area contributed by atoms with Gasteiger partial charge in [-0.2, -0.15) is 0 Å². The van der Waals surface area contributed by atoms with Crippen molar-refractivity contribution in [3.63, 3.8) is 0 Å². The predicted octanol–water partition coefficient (Wildman–Crippen LogP) is 4.41. The summed E-state index contributed by atoms with van der Waals surface area (Å²) in [5.41, 5.74) is 4.69. The zero-order valence-electron chi connectivity index (χ0n) is 13.0. The Morgan fingerprint density at radius 2 is 1.71 bits per heavy atom. The molecule has 0 atom stereocenters. The van der Waals surface area contributed by atoms with Gasteiger partial charge in [-0.05, 0) is 48.2 Å². The number of benzene rings is 2. The van der Waals surface area contributed by atoms with Crippen molar-refractivity contribution >= 4 is 17.3 Å². The fourth-order valence-electron chi connectivity index (χ4n) is 2.21. The maximum Gasteiger partial charge on any atom is 0.257 e. The molecule has 0 radical (unpaired) electrons. The van der Waals surface area contributed by atoms with Crippen LogP contribution in [0.5, 0.6) is 0 Å². The molecule has 21 heavy (non-hydrogen) atoms. The Bertz CT molecular complexity index is 630. The molecular formula is C18H22N2O. The van der Waals surface area contributed by atoms with E-state index >= 15 is 0 Å². The number of carbonyl (C=O) groups is 1. The van der Waals surface area contributed by atoms with Gasteiger partial charge in [0.05, 0.1) is 5.56 Å². The van der Waals surface area contributed by atoms with Crippen molar-refractivity contribution in [3.8, 4) is 0 Å². The molecule has 0 unspecified atom stereocenters. The summed E-state index contributed by atoms with van der Waals surface area (Å²) in [6.07, 6.45) is 0. The normalized spacial score (nSPS) is 10.5. The third-order valence-electron chi connectivity index (χ3n) is 3.52. The Labute approximate surface area is 126 Å². The van der Waals surface area contributed by atoms with Gasteiger partial charge < -0.3 is 10.6 Å². The lowest BCUT2D eigenvalue weighted by atomic mass is 10.0. The van der Waals surface area contributed by atoms with Crippen LogP contribution in [0, 0.1) is 6.92 Å². The Hall–Kier alpha value is -2.29. The average Bonchev–Trinajstić information content (AvgIpc) is 2.47. The van der Waals surface area contributed by atoms with E-state index < -0.39 is 0 Å². The Morgan fingerprint density at radius 1 is 1.05 bits per heavy atom. The lowest BCUT2D eigenvalue weighted by Gasteiger charge is -2.12. The first-order valence-corrected chi connectivity index (χ1v) is 7.21. The van der Waals surface area contributed by atoms with Gasteiger partial charge in [-0.25, -0.2) is 0 Å². The molecule has 0 aliphatic carbocycles. The maximum absolute atomic E-state index is 12.4. The van der Waals surface area contributed by atoms with E-state index in [2.05, 4.69) is 36.6 Å². The van der Waals surface area contributed by atoms with Crippen LogP contribution in [-0.4, -0.2) is 13.0 Å². The molecule has 110 valence electrons. The van der Waals surface area contributed by atoms with E-state index in [0.717, 1.165) is 16.9 Å². The molecule has 3 heteroatoms. The van der Waals surface area contributed by atoms with E-state index in [0.29, 0.717) is 11.5 Å². The summed E-state index contributed by atoms with van der Waals surface area (Å²) in [6.45, 7) is 6.31. The summed E-state index contributed by atoms with van der Waals surface area (Å²) in [5.74, 6) is 0.388. The summed E-state index contributed by atoms with van der Waals surface area (Å²) >= 11 is 0. The number of hydrogen-bond acceptors (Lipinski definition) is 2. The highest BCUT2D eigenvalue weighted by molar-refractivity contribution is 6.08. The van der Waals surface area contributed by atoms with Crippen molar-refractivity contribution in [3.05, 3.63) is 59.2 Å². The minimum Gasteiger partial charge on any atom is -0.387 e. The van der Waals surface area contributed by atoms with E-state index in [4.69, 9.17) is 0 Å². The van der Waals surface area contributed by atoms with Gasteiger partial charge in [0.15, 0.2) is 0 Å². The molecule has 0 heterocycles. The fraction of sp³-hybridized carbons (Fsp3) is 0.278. The summed E-state index contributed by atoms with van der Waals surface area (Å²) in [6, 6.07) is 13.7. The number of anilines is 2.